The predicted octanol–water partition coefficient (Wildman–Crippen LogP) is 6.91. The first-order valence-electron chi connectivity index (χ1n) is 12.7. The molecule has 0 heterocycles. The molecule has 0 aliphatic carbocycles. The van der Waals surface area contributed by atoms with Crippen molar-refractivity contribution in [2.45, 2.75) is 84.5 Å². The van der Waals surface area contributed by atoms with E-state index >= 15 is 0 Å². The Hall–Kier alpha value is -2.33. The number of aryl methyl sites for hydroxylation is 1. The highest BCUT2D eigenvalue weighted by Gasteiger charge is 2.23. The van der Waals surface area contributed by atoms with Crippen LogP contribution in [0.3, 0.4) is 0 Å². The lowest BCUT2D eigenvalue weighted by Gasteiger charge is -2.29. The molecule has 4 heteroatoms. The fraction of sp³-hybridized carbons (Fsp3) is 0.552. The molecule has 0 amide bonds. The number of esters is 1. The van der Waals surface area contributed by atoms with E-state index in [9.17, 15) is 4.79 Å². The summed E-state index contributed by atoms with van der Waals surface area (Å²) in [7, 11) is 4.08. The van der Waals surface area contributed by atoms with Crippen molar-refractivity contribution in [3.05, 3.63) is 65.7 Å². The number of hydrogen-bond donors (Lipinski definition) is 0. The van der Waals surface area contributed by atoms with Gasteiger partial charge in [0, 0.05) is 12.5 Å². The molecule has 182 valence electrons. The Morgan fingerprint density at radius 1 is 0.848 bits per heavy atom. The Morgan fingerprint density at radius 3 is 2.15 bits per heavy atom. The van der Waals surface area contributed by atoms with Crippen molar-refractivity contribution in [2.24, 2.45) is 0 Å². The van der Waals surface area contributed by atoms with Crippen molar-refractivity contribution in [1.29, 1.82) is 0 Å². The SMILES string of the molecule is CCCCCCCCCCc1ccccc1OC(C)OC(=O)C[N+](C)(C)Cc1ccccc1. The van der Waals surface area contributed by atoms with Gasteiger partial charge in [0.2, 0.25) is 6.29 Å². The van der Waals surface area contributed by atoms with E-state index in [1.54, 1.807) is 6.92 Å². The summed E-state index contributed by atoms with van der Waals surface area (Å²) in [5.41, 5.74) is 2.39. The van der Waals surface area contributed by atoms with E-state index < -0.39 is 6.29 Å². The van der Waals surface area contributed by atoms with Crippen LogP contribution in [0, 0.1) is 0 Å². The summed E-state index contributed by atoms with van der Waals surface area (Å²) in [5, 5.41) is 0. The van der Waals surface area contributed by atoms with Crippen molar-refractivity contribution in [1.82, 2.24) is 0 Å². The van der Waals surface area contributed by atoms with Gasteiger partial charge in [-0.2, -0.15) is 0 Å². The standard InChI is InChI=1S/C29H44NO3/c1-5-6-7-8-9-10-11-15-20-27-21-16-17-22-28(27)32-25(2)33-29(31)24-30(3,4)23-26-18-13-12-14-19-26/h12-14,16-19,21-22,25H,5-11,15,20,23-24H2,1-4H3/q+1. The van der Waals surface area contributed by atoms with Crippen molar-refractivity contribution >= 4 is 5.97 Å². The number of para-hydroxylation sites is 1. The number of unbranched alkanes of at least 4 members (excludes halogenated alkanes) is 7. The Morgan fingerprint density at radius 2 is 1.45 bits per heavy atom. The first kappa shape index (κ1) is 26.9. The third-order valence-corrected chi connectivity index (χ3v) is 5.87. The van der Waals surface area contributed by atoms with Crippen LogP contribution in [0.5, 0.6) is 5.75 Å². The van der Waals surface area contributed by atoms with Crippen LogP contribution >= 0.6 is 0 Å². The quantitative estimate of drug-likeness (QED) is 0.120. The average Bonchev–Trinajstić information content (AvgIpc) is 2.76. The molecule has 1 unspecified atom stereocenters. The normalized spacial score (nSPS) is 12.4. The van der Waals surface area contributed by atoms with E-state index in [0.717, 1.165) is 25.1 Å². The summed E-state index contributed by atoms with van der Waals surface area (Å²) in [6.07, 6.45) is 10.8. The Bertz CT molecular complexity index is 804. The number of ether oxygens (including phenoxy) is 2. The number of carbonyl (C=O) groups is 1. The maximum atomic E-state index is 12.6. The van der Waals surface area contributed by atoms with Crippen LogP contribution in [0.25, 0.3) is 0 Å². The molecular weight excluding hydrogens is 410 g/mol. The van der Waals surface area contributed by atoms with Gasteiger partial charge in [0.25, 0.3) is 0 Å². The summed E-state index contributed by atoms with van der Waals surface area (Å²) in [5.74, 6) is 0.572. The van der Waals surface area contributed by atoms with Gasteiger partial charge < -0.3 is 14.0 Å². The molecule has 0 saturated heterocycles. The minimum Gasteiger partial charge on any atom is -0.455 e. The van der Waals surface area contributed by atoms with E-state index in [1.807, 2.05) is 50.5 Å². The van der Waals surface area contributed by atoms with Gasteiger partial charge in [-0.3, -0.25) is 0 Å². The summed E-state index contributed by atoms with van der Waals surface area (Å²) >= 11 is 0. The van der Waals surface area contributed by atoms with E-state index in [2.05, 4.69) is 25.1 Å². The number of likely N-dealkylation sites (N-methyl/N-ethyl adjacent to an activating group) is 1. The number of benzene rings is 2. The minimum atomic E-state index is -0.617. The molecule has 0 fully saturated rings. The average molecular weight is 455 g/mol. The van der Waals surface area contributed by atoms with Crippen molar-refractivity contribution in [3.8, 4) is 5.75 Å². The van der Waals surface area contributed by atoms with E-state index in [4.69, 9.17) is 9.47 Å². The molecule has 0 aromatic heterocycles. The zero-order chi connectivity index (χ0) is 23.9. The molecule has 0 aliphatic heterocycles. The highest BCUT2D eigenvalue weighted by Crippen LogP contribution is 2.22. The lowest BCUT2D eigenvalue weighted by Crippen LogP contribution is -2.44. The number of hydrogen-bond acceptors (Lipinski definition) is 3. The summed E-state index contributed by atoms with van der Waals surface area (Å²) in [6, 6.07) is 18.3. The van der Waals surface area contributed by atoms with Gasteiger partial charge in [-0.15, -0.1) is 0 Å². The molecule has 33 heavy (non-hydrogen) atoms. The predicted molar refractivity (Wildman–Crippen MR) is 136 cm³/mol. The number of quaternary nitrogens is 1. The summed E-state index contributed by atoms with van der Waals surface area (Å²) in [4.78, 5) is 12.6. The molecule has 0 radical (unpaired) electrons. The molecule has 2 aromatic rings. The second kappa shape index (κ2) is 14.7. The van der Waals surface area contributed by atoms with Crippen LogP contribution in [0.2, 0.25) is 0 Å². The number of nitrogens with zero attached hydrogens (tertiary/aromatic N) is 1. The smallest absolute Gasteiger partial charge is 0.364 e. The van der Waals surface area contributed by atoms with Gasteiger partial charge in [0.1, 0.15) is 12.3 Å². The first-order chi connectivity index (χ1) is 15.9. The first-order valence-corrected chi connectivity index (χ1v) is 12.7. The number of rotatable bonds is 16. The Balaban J connectivity index is 1.75. The fourth-order valence-corrected chi connectivity index (χ4v) is 4.18. The van der Waals surface area contributed by atoms with E-state index in [1.165, 1.54) is 56.1 Å². The van der Waals surface area contributed by atoms with Crippen LogP contribution in [-0.2, 0) is 22.5 Å². The molecule has 0 N–H and O–H groups in total. The zero-order valence-corrected chi connectivity index (χ0v) is 21.2. The molecule has 0 aliphatic rings. The largest absolute Gasteiger partial charge is 0.455 e. The lowest BCUT2D eigenvalue weighted by atomic mass is 10.0. The zero-order valence-electron chi connectivity index (χ0n) is 21.2. The minimum absolute atomic E-state index is 0.246. The van der Waals surface area contributed by atoms with Gasteiger partial charge in [0.05, 0.1) is 14.1 Å². The van der Waals surface area contributed by atoms with Gasteiger partial charge in [-0.25, -0.2) is 4.79 Å². The van der Waals surface area contributed by atoms with Crippen molar-refractivity contribution in [3.63, 3.8) is 0 Å². The second-order valence-corrected chi connectivity index (χ2v) is 9.75. The topological polar surface area (TPSA) is 35.5 Å². The Labute approximate surface area is 201 Å². The van der Waals surface area contributed by atoms with Crippen LogP contribution in [-0.4, -0.2) is 37.4 Å². The summed E-state index contributed by atoms with van der Waals surface area (Å²) < 4.78 is 12.1. The monoisotopic (exact) mass is 454 g/mol. The van der Waals surface area contributed by atoms with Gasteiger partial charge >= 0.3 is 5.97 Å². The van der Waals surface area contributed by atoms with Crippen LogP contribution in [0.15, 0.2) is 54.6 Å². The van der Waals surface area contributed by atoms with E-state index in [-0.39, 0.29) is 5.97 Å². The molecule has 2 rings (SSSR count). The third kappa shape index (κ3) is 11.4. The lowest BCUT2D eigenvalue weighted by molar-refractivity contribution is -0.896. The van der Waals surface area contributed by atoms with Crippen LogP contribution in [0.4, 0.5) is 0 Å². The highest BCUT2D eigenvalue weighted by atomic mass is 16.7. The highest BCUT2D eigenvalue weighted by molar-refractivity contribution is 5.70. The van der Waals surface area contributed by atoms with Crippen LogP contribution in [0.1, 0.15) is 76.3 Å². The van der Waals surface area contributed by atoms with Crippen LogP contribution < -0.4 is 4.74 Å². The van der Waals surface area contributed by atoms with E-state index in [0.29, 0.717) is 11.0 Å². The maximum Gasteiger partial charge on any atom is 0.364 e. The number of carbonyl (C=O) groups excluding carboxylic acids is 1. The maximum absolute atomic E-state index is 12.6. The molecule has 2 aromatic carbocycles. The van der Waals surface area contributed by atoms with Gasteiger partial charge in [-0.1, -0.05) is 100 Å². The molecule has 4 nitrogen and oxygen atoms in total. The fourth-order valence-electron chi connectivity index (χ4n) is 4.18. The summed E-state index contributed by atoms with van der Waals surface area (Å²) in [6.45, 7) is 5.12. The third-order valence-electron chi connectivity index (χ3n) is 5.87. The van der Waals surface area contributed by atoms with Gasteiger partial charge in [-0.05, 0) is 24.5 Å². The molecule has 1 atom stereocenters. The molecule has 0 saturated carbocycles. The second-order valence-electron chi connectivity index (χ2n) is 9.75. The molecule has 0 bridgehead atoms. The molecular formula is C29H44NO3+. The molecule has 0 spiro atoms. The van der Waals surface area contributed by atoms with Crippen molar-refractivity contribution in [2.75, 3.05) is 20.6 Å². The van der Waals surface area contributed by atoms with Crippen molar-refractivity contribution < 1.29 is 18.8 Å². The van der Waals surface area contributed by atoms with Gasteiger partial charge in [0.15, 0.2) is 6.54 Å². The Kier molecular flexibility index (Phi) is 12.0.